The van der Waals surface area contributed by atoms with Gasteiger partial charge in [-0.05, 0) is 85.2 Å². The second-order valence-corrected chi connectivity index (χ2v) is 11.2. The van der Waals surface area contributed by atoms with E-state index in [0.717, 1.165) is 52.8 Å². The quantitative estimate of drug-likeness (QED) is 0.189. The monoisotopic (exact) mass is 510 g/mol. The number of furan rings is 1. The Balaban J connectivity index is 1.57. The molecule has 3 N–H and O–H groups in total. The molecule has 0 aliphatic rings. The maximum Gasteiger partial charge on any atom is 0.325 e. The lowest BCUT2D eigenvalue weighted by Gasteiger charge is -2.13. The van der Waals surface area contributed by atoms with Gasteiger partial charge in [-0.1, -0.05) is 32.0 Å². The van der Waals surface area contributed by atoms with E-state index in [4.69, 9.17) is 18.9 Å². The topological polar surface area (TPSA) is 116 Å². The summed E-state index contributed by atoms with van der Waals surface area (Å²) in [5, 5.41) is 12.7. The number of nitrogens with one attached hydrogen (secondary N) is 1. The average molecular weight is 511 g/mol. The molecule has 0 fully saturated rings. The van der Waals surface area contributed by atoms with Crippen LogP contribution in [0.3, 0.4) is 0 Å². The summed E-state index contributed by atoms with van der Waals surface area (Å²) in [6.07, 6.45) is 4.46. The first kappa shape index (κ1) is 27.7. The third-order valence-electron chi connectivity index (χ3n) is 5.75. The lowest BCUT2D eigenvalue weighted by molar-refractivity contribution is 0.311. The fraction of sp³-hybridized carbons (Fsp3) is 0.393. The van der Waals surface area contributed by atoms with Crippen LogP contribution in [0.4, 0.5) is 0 Å². The van der Waals surface area contributed by atoms with Crippen LogP contribution in [0.2, 0.25) is 0 Å². The summed E-state index contributed by atoms with van der Waals surface area (Å²) in [5.41, 5.74) is 4.88. The van der Waals surface area contributed by atoms with Gasteiger partial charge in [-0.15, -0.1) is 0 Å². The Kier molecular flexibility index (Phi) is 10.3. The second-order valence-electron chi connectivity index (χ2n) is 9.38. The van der Waals surface area contributed by atoms with Crippen molar-refractivity contribution in [2.75, 3.05) is 19.3 Å². The summed E-state index contributed by atoms with van der Waals surface area (Å²) < 4.78 is 22.7. The fourth-order valence-corrected chi connectivity index (χ4v) is 4.61. The molecule has 0 saturated carbocycles. The Hall–Kier alpha value is -2.88. The molecule has 1 heterocycles. The molecule has 0 aliphatic heterocycles. The first-order chi connectivity index (χ1) is 17.2. The molecule has 0 amide bonds. The van der Waals surface area contributed by atoms with E-state index in [-0.39, 0.29) is 6.16 Å². The number of benzene rings is 2. The van der Waals surface area contributed by atoms with Gasteiger partial charge in [-0.3, -0.25) is 4.57 Å². The smallest absolute Gasteiger partial charge is 0.325 e. The Morgan fingerprint density at radius 1 is 1.11 bits per heavy atom. The molecule has 7 nitrogen and oxygen atoms in total. The van der Waals surface area contributed by atoms with Crippen molar-refractivity contribution in [2.24, 2.45) is 5.92 Å². The average Bonchev–Trinajstić information content (AvgIpc) is 3.36. The number of hydrogen-bond donors (Lipinski definition) is 3. The van der Waals surface area contributed by atoms with Crippen molar-refractivity contribution >= 4 is 7.60 Å². The van der Waals surface area contributed by atoms with E-state index in [2.05, 4.69) is 37.4 Å². The SMILES string of the molecule is CC(C)Cc1ccc(CCCOc2ccc(CNCCCP(=O)(O)O)cc2-c2ccco2)cc1C#N. The highest BCUT2D eigenvalue weighted by atomic mass is 31.2. The minimum Gasteiger partial charge on any atom is -0.493 e. The third kappa shape index (κ3) is 8.96. The van der Waals surface area contributed by atoms with Gasteiger partial charge in [0.05, 0.1) is 36.2 Å². The molecule has 2 aromatic carbocycles. The third-order valence-corrected chi connectivity index (χ3v) is 6.65. The van der Waals surface area contributed by atoms with Gasteiger partial charge < -0.3 is 24.3 Å². The normalized spacial score (nSPS) is 11.6. The molecule has 0 spiro atoms. The number of rotatable bonds is 14. The molecule has 0 saturated heterocycles. The van der Waals surface area contributed by atoms with Crippen molar-refractivity contribution in [3.63, 3.8) is 0 Å². The van der Waals surface area contributed by atoms with Gasteiger partial charge >= 0.3 is 7.60 Å². The summed E-state index contributed by atoms with van der Waals surface area (Å²) in [6.45, 7) is 5.93. The molecule has 0 radical (unpaired) electrons. The molecule has 0 atom stereocenters. The van der Waals surface area contributed by atoms with Crippen LogP contribution in [0.25, 0.3) is 11.3 Å². The van der Waals surface area contributed by atoms with Gasteiger partial charge in [0.15, 0.2) is 0 Å². The molecule has 8 heteroatoms. The molecule has 36 heavy (non-hydrogen) atoms. The van der Waals surface area contributed by atoms with E-state index >= 15 is 0 Å². The first-order valence-electron chi connectivity index (χ1n) is 12.3. The first-order valence-corrected chi connectivity index (χ1v) is 14.1. The number of aryl methyl sites for hydroxylation is 1. The predicted octanol–water partition coefficient (Wildman–Crippen LogP) is 5.69. The number of nitriles is 1. The summed E-state index contributed by atoms with van der Waals surface area (Å²) >= 11 is 0. The lowest BCUT2D eigenvalue weighted by Crippen LogP contribution is -2.16. The van der Waals surface area contributed by atoms with Gasteiger partial charge in [0.25, 0.3) is 0 Å². The summed E-state index contributed by atoms with van der Waals surface area (Å²) in [7, 11) is -3.95. The van der Waals surface area contributed by atoms with Crippen LogP contribution < -0.4 is 10.1 Å². The van der Waals surface area contributed by atoms with Crippen LogP contribution in [0.15, 0.2) is 59.2 Å². The van der Waals surface area contributed by atoms with Crippen LogP contribution in [0.1, 0.15) is 48.9 Å². The minimum atomic E-state index is -3.95. The van der Waals surface area contributed by atoms with Crippen LogP contribution >= 0.6 is 7.60 Å². The molecule has 0 bridgehead atoms. The molecular weight excluding hydrogens is 475 g/mol. The molecule has 1 aromatic heterocycles. The van der Waals surface area contributed by atoms with E-state index in [9.17, 15) is 9.83 Å². The molecule has 3 aromatic rings. The van der Waals surface area contributed by atoms with Crippen molar-refractivity contribution in [1.29, 1.82) is 5.26 Å². The van der Waals surface area contributed by atoms with Crippen molar-refractivity contribution in [3.05, 3.63) is 77.0 Å². The Labute approximate surface area is 213 Å². The number of nitrogens with zero attached hydrogens (tertiary/aromatic N) is 1. The van der Waals surface area contributed by atoms with E-state index in [1.165, 1.54) is 0 Å². The number of hydrogen-bond acceptors (Lipinski definition) is 5. The van der Waals surface area contributed by atoms with Crippen LogP contribution in [0, 0.1) is 17.2 Å². The van der Waals surface area contributed by atoms with E-state index in [1.54, 1.807) is 6.26 Å². The van der Waals surface area contributed by atoms with Gasteiger partial charge in [0.1, 0.15) is 11.5 Å². The molecule has 0 unspecified atom stereocenters. The van der Waals surface area contributed by atoms with Gasteiger partial charge in [-0.2, -0.15) is 5.26 Å². The molecule has 3 rings (SSSR count). The van der Waals surface area contributed by atoms with E-state index in [0.29, 0.717) is 37.8 Å². The van der Waals surface area contributed by atoms with Crippen molar-refractivity contribution in [1.82, 2.24) is 5.32 Å². The van der Waals surface area contributed by atoms with Crippen molar-refractivity contribution < 1.29 is 23.5 Å². The largest absolute Gasteiger partial charge is 0.493 e. The highest BCUT2D eigenvalue weighted by Crippen LogP contribution is 2.34. The summed E-state index contributed by atoms with van der Waals surface area (Å²) in [6, 6.07) is 18.1. The second kappa shape index (κ2) is 13.4. The molecule has 0 aliphatic carbocycles. The standard InChI is InChI=1S/C28H35N2O5P/c1-21(2)16-24-10-8-22(17-25(24)19-29)6-3-13-35-28-11-9-23(18-26(28)27-7-4-14-34-27)20-30-12-5-15-36(31,32)33/h4,7-11,14,17-18,21,30H,3,5-6,12-13,15-16,20H2,1-2H3,(H2,31,32,33). The highest BCUT2D eigenvalue weighted by molar-refractivity contribution is 7.51. The van der Waals surface area contributed by atoms with E-state index in [1.807, 2.05) is 36.4 Å². The fourth-order valence-electron chi connectivity index (χ4n) is 4.04. The van der Waals surface area contributed by atoms with Crippen molar-refractivity contribution in [3.8, 4) is 23.1 Å². The van der Waals surface area contributed by atoms with Crippen molar-refractivity contribution in [2.45, 2.75) is 46.1 Å². The predicted molar refractivity (Wildman–Crippen MR) is 141 cm³/mol. The maximum absolute atomic E-state index is 11.0. The van der Waals surface area contributed by atoms with Crippen LogP contribution in [0.5, 0.6) is 5.75 Å². The highest BCUT2D eigenvalue weighted by Gasteiger charge is 2.13. The Morgan fingerprint density at radius 3 is 2.61 bits per heavy atom. The Bertz CT molecular complexity index is 1200. The maximum atomic E-state index is 11.0. The lowest BCUT2D eigenvalue weighted by atomic mass is 9.96. The van der Waals surface area contributed by atoms with Crippen LogP contribution in [-0.4, -0.2) is 29.1 Å². The van der Waals surface area contributed by atoms with E-state index < -0.39 is 7.60 Å². The zero-order valence-corrected chi connectivity index (χ0v) is 21.8. The Morgan fingerprint density at radius 2 is 1.92 bits per heavy atom. The zero-order chi connectivity index (χ0) is 26.0. The summed E-state index contributed by atoms with van der Waals surface area (Å²) in [4.78, 5) is 17.9. The van der Waals surface area contributed by atoms with Gasteiger partial charge in [0.2, 0.25) is 0 Å². The van der Waals surface area contributed by atoms with Gasteiger partial charge in [-0.25, -0.2) is 0 Å². The van der Waals surface area contributed by atoms with Gasteiger partial charge in [0, 0.05) is 6.54 Å². The summed E-state index contributed by atoms with van der Waals surface area (Å²) in [5.74, 6) is 1.96. The molecular formula is C28H35N2O5P. The van der Waals surface area contributed by atoms with Crippen LogP contribution in [-0.2, 0) is 24.0 Å². The molecule has 192 valence electrons. The number of ether oxygens (including phenoxy) is 1. The zero-order valence-electron chi connectivity index (χ0n) is 20.9. The minimum absolute atomic E-state index is 0.121.